The van der Waals surface area contributed by atoms with Gasteiger partial charge >= 0.3 is 5.97 Å². The van der Waals surface area contributed by atoms with Crippen molar-refractivity contribution in [2.24, 2.45) is 11.8 Å². The summed E-state index contributed by atoms with van der Waals surface area (Å²) in [6, 6.07) is 9.83. The average Bonchev–Trinajstić information content (AvgIpc) is 3.17. The first-order valence-corrected chi connectivity index (χ1v) is 21.3. The molecular formula is C34H58O6Si2. The van der Waals surface area contributed by atoms with Crippen LogP contribution in [0.3, 0.4) is 0 Å². The van der Waals surface area contributed by atoms with Crippen LogP contribution >= 0.6 is 0 Å². The number of methoxy groups -OCH3 is 1. The fraction of sp³-hybridized carbons (Fsp3) is 0.676. The molecule has 0 unspecified atom stereocenters. The Morgan fingerprint density at radius 3 is 2.19 bits per heavy atom. The molecule has 1 aliphatic rings. The van der Waals surface area contributed by atoms with E-state index in [2.05, 4.69) is 86.0 Å². The number of aliphatic hydroxyl groups is 1. The zero-order chi connectivity index (χ0) is 31.8. The predicted octanol–water partition coefficient (Wildman–Crippen LogP) is 8.30. The van der Waals surface area contributed by atoms with Crippen molar-refractivity contribution in [3.8, 4) is 5.75 Å². The van der Waals surface area contributed by atoms with Crippen LogP contribution in [0.4, 0.5) is 0 Å². The molecule has 1 saturated carbocycles. The van der Waals surface area contributed by atoms with E-state index in [1.165, 1.54) is 7.11 Å². The normalized spacial score (nSPS) is 23.0. The van der Waals surface area contributed by atoms with Gasteiger partial charge in [-0.1, -0.05) is 84.0 Å². The van der Waals surface area contributed by atoms with Crippen LogP contribution in [0.15, 0.2) is 54.6 Å². The monoisotopic (exact) mass is 618 g/mol. The van der Waals surface area contributed by atoms with Crippen molar-refractivity contribution < 1.29 is 28.2 Å². The molecule has 1 aliphatic carbocycles. The second kappa shape index (κ2) is 15.3. The number of para-hydroxylation sites is 1. The van der Waals surface area contributed by atoms with E-state index in [0.717, 1.165) is 12.2 Å². The van der Waals surface area contributed by atoms with Gasteiger partial charge in [-0.3, -0.25) is 4.79 Å². The van der Waals surface area contributed by atoms with Gasteiger partial charge in [0, 0.05) is 12.3 Å². The lowest BCUT2D eigenvalue weighted by Gasteiger charge is -2.40. The molecule has 238 valence electrons. The molecule has 0 bridgehead atoms. The first-order chi connectivity index (χ1) is 19.4. The maximum atomic E-state index is 11.5. The number of aliphatic hydroxyl groups excluding tert-OH is 1. The molecule has 0 aromatic heterocycles. The quantitative estimate of drug-likeness (QED) is 0.128. The molecule has 0 amide bonds. The lowest BCUT2D eigenvalue weighted by molar-refractivity contribution is -0.140. The molecule has 6 nitrogen and oxygen atoms in total. The van der Waals surface area contributed by atoms with Crippen molar-refractivity contribution >= 4 is 22.6 Å². The maximum Gasteiger partial charge on any atom is 0.305 e. The van der Waals surface area contributed by atoms with Gasteiger partial charge in [-0.2, -0.15) is 0 Å². The molecule has 5 atom stereocenters. The summed E-state index contributed by atoms with van der Waals surface area (Å²) in [7, 11) is -2.72. The van der Waals surface area contributed by atoms with Crippen LogP contribution in [0.25, 0.3) is 0 Å². The number of hydrogen-bond donors (Lipinski definition) is 1. The number of allylic oxidation sites excluding steroid dienone is 2. The fourth-order valence-corrected chi connectivity index (χ4v) is 7.32. The second-order valence-electron chi connectivity index (χ2n) is 14.7. The standard InChI is InChI=1S/C34H58O6Si2/c1-33(2,3)41(8,9)39-27(25-38-26-18-14-12-15-19-26)22-23-28-29(20-16-13-17-21-32(36)37-7)31(24-30(28)35)40-42(10,11)34(4,5)6/h12-16,18-19,22-23,27-31,35H,17,20-21,24-25H2,1-11H3/b16-13-,23-22+/t27-,28-,29-,30-,31+/m1/s1. The number of hydrogen-bond acceptors (Lipinski definition) is 6. The molecule has 1 N–H and O–H groups in total. The lowest BCUT2D eigenvalue weighted by Crippen LogP contribution is -2.45. The zero-order valence-corrected chi connectivity index (χ0v) is 30.1. The fourth-order valence-electron chi connectivity index (χ4n) is 4.68. The molecule has 2 rings (SSSR count). The molecular weight excluding hydrogens is 561 g/mol. The van der Waals surface area contributed by atoms with Crippen molar-refractivity contribution in [3.63, 3.8) is 0 Å². The predicted molar refractivity (Wildman–Crippen MR) is 178 cm³/mol. The molecule has 0 saturated heterocycles. The molecule has 1 aromatic carbocycles. The summed E-state index contributed by atoms with van der Waals surface area (Å²) >= 11 is 0. The number of esters is 1. The van der Waals surface area contributed by atoms with E-state index >= 15 is 0 Å². The molecule has 0 spiro atoms. The smallest absolute Gasteiger partial charge is 0.305 e. The molecule has 0 heterocycles. The van der Waals surface area contributed by atoms with Crippen LogP contribution < -0.4 is 4.74 Å². The van der Waals surface area contributed by atoms with Crippen LogP contribution in [-0.4, -0.2) is 59.7 Å². The molecule has 1 fully saturated rings. The Balaban J connectivity index is 2.32. The summed E-state index contributed by atoms with van der Waals surface area (Å²) in [5.41, 5.74) is 0. The summed E-state index contributed by atoms with van der Waals surface area (Å²) in [6.45, 7) is 22.9. The van der Waals surface area contributed by atoms with Gasteiger partial charge in [0.25, 0.3) is 0 Å². The van der Waals surface area contributed by atoms with Gasteiger partial charge < -0.3 is 23.4 Å². The minimum absolute atomic E-state index is 0.0406. The van der Waals surface area contributed by atoms with Crippen molar-refractivity contribution in [3.05, 3.63) is 54.6 Å². The number of rotatable bonds is 14. The first kappa shape index (κ1) is 36.5. The van der Waals surface area contributed by atoms with Crippen LogP contribution in [0, 0.1) is 11.8 Å². The van der Waals surface area contributed by atoms with Crippen molar-refractivity contribution in [2.75, 3.05) is 13.7 Å². The Morgan fingerprint density at radius 2 is 1.62 bits per heavy atom. The summed E-state index contributed by atoms with van der Waals surface area (Å²) in [5.74, 6) is 0.644. The largest absolute Gasteiger partial charge is 0.491 e. The number of carbonyl (C=O) groups excluding carboxylic acids is 1. The van der Waals surface area contributed by atoms with Crippen LogP contribution in [0.2, 0.25) is 36.3 Å². The Hall–Kier alpha value is -1.72. The van der Waals surface area contributed by atoms with E-state index in [4.69, 9.17) is 18.3 Å². The second-order valence-corrected chi connectivity index (χ2v) is 24.2. The number of benzene rings is 1. The lowest BCUT2D eigenvalue weighted by atomic mass is 9.89. The number of carbonyl (C=O) groups is 1. The van der Waals surface area contributed by atoms with E-state index in [1.807, 2.05) is 36.4 Å². The SMILES string of the molecule is COC(=O)CC/C=C\C[C@@H]1[C@@H](/C=C/[C@H](COc2ccccc2)O[Si](C)(C)C(C)(C)C)[C@H](O)C[C@@H]1O[Si](C)(C)C(C)(C)C. The highest BCUT2D eigenvalue weighted by molar-refractivity contribution is 6.74. The van der Waals surface area contributed by atoms with E-state index < -0.39 is 22.7 Å². The Kier molecular flexibility index (Phi) is 13.3. The van der Waals surface area contributed by atoms with Gasteiger partial charge in [-0.05, 0) is 73.6 Å². The summed E-state index contributed by atoms with van der Waals surface area (Å²) < 4.78 is 24.7. The Morgan fingerprint density at radius 1 is 1.00 bits per heavy atom. The molecule has 0 radical (unpaired) electrons. The zero-order valence-electron chi connectivity index (χ0n) is 28.1. The highest BCUT2D eigenvalue weighted by Crippen LogP contribution is 2.44. The van der Waals surface area contributed by atoms with Gasteiger partial charge in [-0.15, -0.1) is 0 Å². The van der Waals surface area contributed by atoms with Crippen LogP contribution in [0.1, 0.15) is 67.2 Å². The summed E-state index contributed by atoms with van der Waals surface area (Å²) in [4.78, 5) is 11.5. The first-order valence-electron chi connectivity index (χ1n) is 15.5. The van der Waals surface area contributed by atoms with Crippen molar-refractivity contribution in [2.45, 2.75) is 122 Å². The molecule has 1 aromatic rings. The van der Waals surface area contributed by atoms with Gasteiger partial charge in [-0.25, -0.2) is 0 Å². The van der Waals surface area contributed by atoms with Gasteiger partial charge in [0.1, 0.15) is 12.4 Å². The Bertz CT molecular complexity index is 1020. The topological polar surface area (TPSA) is 74.2 Å². The highest BCUT2D eigenvalue weighted by atomic mass is 28.4. The van der Waals surface area contributed by atoms with Crippen LogP contribution in [-0.2, 0) is 18.4 Å². The van der Waals surface area contributed by atoms with Gasteiger partial charge in [0.05, 0.1) is 25.4 Å². The molecule has 0 aliphatic heterocycles. The van der Waals surface area contributed by atoms with E-state index in [1.54, 1.807) is 0 Å². The molecule has 42 heavy (non-hydrogen) atoms. The molecule has 8 heteroatoms. The third-order valence-electron chi connectivity index (χ3n) is 9.42. The van der Waals surface area contributed by atoms with E-state index in [-0.39, 0.29) is 40.1 Å². The van der Waals surface area contributed by atoms with E-state index in [0.29, 0.717) is 25.9 Å². The maximum absolute atomic E-state index is 11.5. The summed E-state index contributed by atoms with van der Waals surface area (Å²) in [5, 5.41) is 11.5. The van der Waals surface area contributed by atoms with E-state index in [9.17, 15) is 9.90 Å². The minimum Gasteiger partial charge on any atom is -0.491 e. The van der Waals surface area contributed by atoms with Crippen molar-refractivity contribution in [1.29, 1.82) is 0 Å². The highest BCUT2D eigenvalue weighted by Gasteiger charge is 2.47. The van der Waals surface area contributed by atoms with Gasteiger partial charge in [0.2, 0.25) is 0 Å². The van der Waals surface area contributed by atoms with Gasteiger partial charge in [0.15, 0.2) is 16.6 Å². The summed E-state index contributed by atoms with van der Waals surface area (Å²) in [6.07, 6.45) is 10.0. The average molecular weight is 619 g/mol. The minimum atomic E-state index is -2.09. The third kappa shape index (κ3) is 10.8. The number of ether oxygens (including phenoxy) is 2. The van der Waals surface area contributed by atoms with Crippen LogP contribution in [0.5, 0.6) is 5.75 Å². The Labute approximate surface area is 258 Å². The van der Waals surface area contributed by atoms with Crippen molar-refractivity contribution in [1.82, 2.24) is 0 Å². The third-order valence-corrected chi connectivity index (χ3v) is 18.4.